The Morgan fingerprint density at radius 2 is 2.28 bits per heavy atom. The highest BCUT2D eigenvalue weighted by molar-refractivity contribution is 7.13. The molecule has 0 aliphatic heterocycles. The van der Waals surface area contributed by atoms with E-state index in [0.717, 1.165) is 32.1 Å². The average Bonchev–Trinajstić information content (AvgIpc) is 2.61. The topological polar surface area (TPSA) is 88.2 Å². The Labute approximate surface area is 110 Å². The van der Waals surface area contributed by atoms with E-state index in [0.29, 0.717) is 10.8 Å². The van der Waals surface area contributed by atoms with Crippen molar-refractivity contribution in [2.45, 2.75) is 50.7 Å². The second-order valence-corrected chi connectivity index (χ2v) is 5.62. The summed E-state index contributed by atoms with van der Waals surface area (Å²) < 4.78 is 0. The fourth-order valence-electron chi connectivity index (χ4n) is 2.28. The first kappa shape index (κ1) is 13.3. The van der Waals surface area contributed by atoms with Crippen LogP contribution in [0.4, 0.5) is 5.13 Å². The van der Waals surface area contributed by atoms with Gasteiger partial charge >= 0.3 is 0 Å². The molecule has 1 aromatic rings. The minimum Gasteiger partial charge on any atom is -0.391 e. The minimum atomic E-state index is -0.419. The van der Waals surface area contributed by atoms with Crippen LogP contribution in [0.5, 0.6) is 0 Å². The third kappa shape index (κ3) is 3.68. The summed E-state index contributed by atoms with van der Waals surface area (Å²) in [5.74, 6) is -0.0914. The van der Waals surface area contributed by atoms with Gasteiger partial charge in [0.15, 0.2) is 5.13 Å². The third-order valence-electron chi connectivity index (χ3n) is 3.24. The number of nitrogens with one attached hydrogen (secondary N) is 1. The Morgan fingerprint density at radius 1 is 1.50 bits per heavy atom. The smallest absolute Gasteiger partial charge is 0.226 e. The summed E-state index contributed by atoms with van der Waals surface area (Å²) in [4.78, 5) is 15.9. The van der Waals surface area contributed by atoms with Gasteiger partial charge in [-0.3, -0.25) is 4.79 Å². The second kappa shape index (κ2) is 6.15. The van der Waals surface area contributed by atoms with Crippen LogP contribution >= 0.6 is 11.3 Å². The van der Waals surface area contributed by atoms with Gasteiger partial charge in [0.2, 0.25) is 5.91 Å². The molecule has 0 radical (unpaired) electrons. The average molecular weight is 269 g/mol. The molecule has 5 nitrogen and oxygen atoms in total. The molecule has 1 aromatic heterocycles. The summed E-state index contributed by atoms with van der Waals surface area (Å²) in [6.07, 6.45) is 4.67. The molecule has 0 aromatic carbocycles. The highest BCUT2D eigenvalue weighted by atomic mass is 32.1. The molecule has 1 saturated carbocycles. The largest absolute Gasteiger partial charge is 0.391 e. The minimum absolute atomic E-state index is 0.0914. The SMILES string of the molecule is Nc1nc(CC(=O)NC2CCCCCC2O)cs1. The van der Waals surface area contributed by atoms with E-state index in [1.54, 1.807) is 5.38 Å². The molecule has 18 heavy (non-hydrogen) atoms. The van der Waals surface area contributed by atoms with Crippen molar-refractivity contribution in [2.24, 2.45) is 0 Å². The van der Waals surface area contributed by atoms with Gasteiger partial charge in [-0.05, 0) is 12.8 Å². The Bertz CT molecular complexity index is 408. The predicted molar refractivity (Wildman–Crippen MR) is 71.3 cm³/mol. The highest BCUT2D eigenvalue weighted by Gasteiger charge is 2.23. The number of amides is 1. The number of anilines is 1. The molecule has 2 atom stereocenters. The van der Waals surface area contributed by atoms with Crippen molar-refractivity contribution in [2.75, 3.05) is 5.73 Å². The second-order valence-electron chi connectivity index (χ2n) is 4.73. The molecule has 6 heteroatoms. The van der Waals surface area contributed by atoms with Gasteiger partial charge < -0.3 is 16.2 Å². The Morgan fingerprint density at radius 3 is 3.00 bits per heavy atom. The van der Waals surface area contributed by atoms with Crippen LogP contribution in [-0.2, 0) is 11.2 Å². The molecular weight excluding hydrogens is 250 g/mol. The van der Waals surface area contributed by atoms with E-state index in [1.807, 2.05) is 0 Å². The zero-order valence-corrected chi connectivity index (χ0v) is 11.1. The number of carbonyl (C=O) groups excluding carboxylic acids is 1. The number of aliphatic hydroxyl groups excluding tert-OH is 1. The Kier molecular flexibility index (Phi) is 4.54. The van der Waals surface area contributed by atoms with Gasteiger partial charge in [0.1, 0.15) is 0 Å². The molecule has 1 fully saturated rings. The van der Waals surface area contributed by atoms with E-state index in [9.17, 15) is 9.90 Å². The molecule has 0 bridgehead atoms. The lowest BCUT2D eigenvalue weighted by molar-refractivity contribution is -0.122. The zero-order chi connectivity index (χ0) is 13.0. The molecule has 1 amide bonds. The molecule has 2 unspecified atom stereocenters. The maximum absolute atomic E-state index is 11.8. The Hall–Kier alpha value is -1.14. The molecular formula is C12H19N3O2S. The zero-order valence-electron chi connectivity index (χ0n) is 10.3. The van der Waals surface area contributed by atoms with Crippen LogP contribution in [0.2, 0.25) is 0 Å². The number of nitrogens with zero attached hydrogens (tertiary/aromatic N) is 1. The van der Waals surface area contributed by atoms with E-state index in [1.165, 1.54) is 11.3 Å². The predicted octanol–water partition coefficient (Wildman–Crippen LogP) is 1.08. The number of thiazole rings is 1. The summed E-state index contributed by atoms with van der Waals surface area (Å²) in [7, 11) is 0. The van der Waals surface area contributed by atoms with Crippen LogP contribution in [0.15, 0.2) is 5.38 Å². The molecule has 100 valence electrons. The summed E-state index contributed by atoms with van der Waals surface area (Å²) >= 11 is 1.33. The van der Waals surface area contributed by atoms with Gasteiger partial charge in [-0.15, -0.1) is 11.3 Å². The first-order valence-electron chi connectivity index (χ1n) is 6.32. The third-order valence-corrected chi connectivity index (χ3v) is 3.96. The molecule has 1 heterocycles. The van der Waals surface area contributed by atoms with Crippen LogP contribution < -0.4 is 11.1 Å². The summed E-state index contributed by atoms with van der Waals surface area (Å²) in [5, 5.41) is 15.1. The first-order valence-corrected chi connectivity index (χ1v) is 7.20. The van der Waals surface area contributed by atoms with Crippen molar-refractivity contribution in [1.82, 2.24) is 10.3 Å². The Balaban J connectivity index is 1.86. The number of nitrogen functional groups attached to an aromatic ring is 1. The van der Waals surface area contributed by atoms with E-state index in [4.69, 9.17) is 5.73 Å². The quantitative estimate of drug-likeness (QED) is 0.716. The molecule has 0 spiro atoms. The van der Waals surface area contributed by atoms with Crippen LogP contribution in [0.3, 0.4) is 0 Å². The number of hydrogen-bond acceptors (Lipinski definition) is 5. The van der Waals surface area contributed by atoms with Crippen LogP contribution in [0.25, 0.3) is 0 Å². The summed E-state index contributed by atoms with van der Waals surface area (Å²) in [5.41, 5.74) is 6.21. The van der Waals surface area contributed by atoms with Crippen molar-refractivity contribution in [3.05, 3.63) is 11.1 Å². The van der Waals surface area contributed by atoms with E-state index < -0.39 is 6.10 Å². The van der Waals surface area contributed by atoms with Gasteiger partial charge in [0.05, 0.1) is 24.3 Å². The summed E-state index contributed by atoms with van der Waals surface area (Å²) in [6, 6.07) is -0.115. The maximum atomic E-state index is 11.8. The monoisotopic (exact) mass is 269 g/mol. The number of aliphatic hydroxyl groups is 1. The van der Waals surface area contributed by atoms with Crippen LogP contribution in [0.1, 0.15) is 37.8 Å². The van der Waals surface area contributed by atoms with Crippen molar-refractivity contribution in [3.8, 4) is 0 Å². The van der Waals surface area contributed by atoms with Crippen molar-refractivity contribution >= 4 is 22.4 Å². The first-order chi connectivity index (χ1) is 8.65. The van der Waals surface area contributed by atoms with Gasteiger partial charge in [-0.2, -0.15) is 0 Å². The van der Waals surface area contributed by atoms with Crippen LogP contribution in [0, 0.1) is 0 Å². The van der Waals surface area contributed by atoms with Gasteiger partial charge in [0, 0.05) is 5.38 Å². The maximum Gasteiger partial charge on any atom is 0.226 e. The lowest BCUT2D eigenvalue weighted by Crippen LogP contribution is -2.43. The number of hydrogen-bond donors (Lipinski definition) is 3. The normalized spacial score (nSPS) is 24.5. The van der Waals surface area contributed by atoms with E-state index in [-0.39, 0.29) is 18.4 Å². The highest BCUT2D eigenvalue weighted by Crippen LogP contribution is 2.18. The fourth-order valence-corrected chi connectivity index (χ4v) is 2.85. The standard InChI is InChI=1S/C12H19N3O2S/c13-12-14-8(7-18-12)6-11(17)15-9-4-2-1-3-5-10(9)16/h7,9-10,16H,1-6H2,(H2,13,14)(H,15,17). The van der Waals surface area contributed by atoms with Crippen LogP contribution in [-0.4, -0.2) is 28.1 Å². The molecule has 0 saturated heterocycles. The molecule has 4 N–H and O–H groups in total. The fraction of sp³-hybridized carbons (Fsp3) is 0.667. The van der Waals surface area contributed by atoms with Crippen molar-refractivity contribution in [1.29, 1.82) is 0 Å². The number of rotatable bonds is 3. The van der Waals surface area contributed by atoms with Crippen molar-refractivity contribution < 1.29 is 9.90 Å². The van der Waals surface area contributed by atoms with E-state index >= 15 is 0 Å². The van der Waals surface area contributed by atoms with Crippen molar-refractivity contribution in [3.63, 3.8) is 0 Å². The molecule has 1 aliphatic carbocycles. The lowest BCUT2D eigenvalue weighted by atomic mass is 10.1. The van der Waals surface area contributed by atoms with Gasteiger partial charge in [0.25, 0.3) is 0 Å². The summed E-state index contributed by atoms with van der Waals surface area (Å²) in [6.45, 7) is 0. The molecule has 1 aliphatic rings. The van der Waals surface area contributed by atoms with Gasteiger partial charge in [-0.1, -0.05) is 19.3 Å². The van der Waals surface area contributed by atoms with Gasteiger partial charge in [-0.25, -0.2) is 4.98 Å². The number of aromatic nitrogens is 1. The molecule has 2 rings (SSSR count). The number of carbonyl (C=O) groups is 1. The lowest BCUT2D eigenvalue weighted by Gasteiger charge is -2.21. The van der Waals surface area contributed by atoms with E-state index in [2.05, 4.69) is 10.3 Å². The number of nitrogens with two attached hydrogens (primary N) is 1.